The van der Waals surface area contributed by atoms with Gasteiger partial charge in [0.2, 0.25) is 0 Å². The molecule has 0 spiro atoms. The average Bonchev–Trinajstić information content (AvgIpc) is 2.05. The first kappa shape index (κ1) is 7.22. The number of hydrogen-bond acceptors (Lipinski definition) is 1. The lowest BCUT2D eigenvalue weighted by Crippen LogP contribution is -1.82. The van der Waals surface area contributed by atoms with E-state index in [1.165, 1.54) is 0 Å². The Morgan fingerprint density at radius 3 is 2.30 bits per heavy atom. The fraction of sp³-hybridized carbons (Fsp3) is 0.143. The van der Waals surface area contributed by atoms with Crippen molar-refractivity contribution in [3.8, 4) is 5.75 Å². The zero-order valence-electron chi connectivity index (χ0n) is 5.54. The SMILES string of the molecule is COc1ccc([N]Cl)cc1. The number of rotatable bonds is 2. The van der Waals surface area contributed by atoms with Gasteiger partial charge in [0.1, 0.15) is 5.75 Å². The van der Waals surface area contributed by atoms with Crippen LogP contribution >= 0.6 is 11.8 Å². The maximum atomic E-state index is 5.21. The molecule has 0 aliphatic rings. The van der Waals surface area contributed by atoms with Gasteiger partial charge in [-0.2, -0.15) is 4.84 Å². The van der Waals surface area contributed by atoms with Gasteiger partial charge in [-0.25, -0.2) is 0 Å². The van der Waals surface area contributed by atoms with E-state index >= 15 is 0 Å². The van der Waals surface area contributed by atoms with Crippen LogP contribution in [0.25, 0.3) is 0 Å². The lowest BCUT2D eigenvalue weighted by Gasteiger charge is -1.98. The minimum absolute atomic E-state index is 0.738. The van der Waals surface area contributed by atoms with Crippen molar-refractivity contribution in [2.45, 2.75) is 0 Å². The molecule has 0 bridgehead atoms. The molecule has 1 rings (SSSR count). The summed E-state index contributed by atoms with van der Waals surface area (Å²) in [6.45, 7) is 0. The molecule has 53 valence electrons. The van der Waals surface area contributed by atoms with Crippen LogP contribution in [0.4, 0.5) is 5.69 Å². The Morgan fingerprint density at radius 1 is 1.30 bits per heavy atom. The fourth-order valence-electron chi connectivity index (χ4n) is 0.639. The molecule has 0 heterocycles. The van der Waals surface area contributed by atoms with E-state index < -0.39 is 0 Å². The van der Waals surface area contributed by atoms with Crippen LogP contribution in [0.3, 0.4) is 0 Å². The number of methoxy groups -OCH3 is 1. The molecule has 0 unspecified atom stereocenters. The molecule has 1 aromatic carbocycles. The monoisotopic (exact) mass is 156 g/mol. The zero-order chi connectivity index (χ0) is 7.40. The van der Waals surface area contributed by atoms with Crippen LogP contribution in [-0.2, 0) is 0 Å². The van der Waals surface area contributed by atoms with Crippen LogP contribution in [0.1, 0.15) is 0 Å². The Labute approximate surface area is 64.9 Å². The summed E-state index contributed by atoms with van der Waals surface area (Å²) in [6, 6.07) is 7.18. The third kappa shape index (κ3) is 1.54. The molecule has 0 saturated heterocycles. The predicted molar refractivity (Wildman–Crippen MR) is 40.6 cm³/mol. The van der Waals surface area contributed by atoms with Gasteiger partial charge >= 0.3 is 0 Å². The molecule has 0 saturated carbocycles. The van der Waals surface area contributed by atoms with Gasteiger partial charge in [-0.15, -0.1) is 0 Å². The highest BCUT2D eigenvalue weighted by atomic mass is 35.5. The highest BCUT2D eigenvalue weighted by Gasteiger charge is 1.90. The molecule has 10 heavy (non-hydrogen) atoms. The second-order valence-electron chi connectivity index (χ2n) is 1.78. The van der Waals surface area contributed by atoms with E-state index in [1.807, 2.05) is 0 Å². The summed E-state index contributed by atoms with van der Waals surface area (Å²) in [7, 11) is 1.62. The number of hydrogen-bond donors (Lipinski definition) is 0. The summed E-state index contributed by atoms with van der Waals surface area (Å²) >= 11 is 5.21. The van der Waals surface area contributed by atoms with Crippen LogP contribution in [0.15, 0.2) is 24.3 Å². The van der Waals surface area contributed by atoms with E-state index in [0.29, 0.717) is 0 Å². The Hall–Kier alpha value is -0.890. The third-order valence-corrected chi connectivity index (χ3v) is 1.37. The van der Waals surface area contributed by atoms with Gasteiger partial charge in [0.25, 0.3) is 0 Å². The van der Waals surface area contributed by atoms with E-state index in [4.69, 9.17) is 16.5 Å². The predicted octanol–water partition coefficient (Wildman–Crippen LogP) is 2.08. The Kier molecular flexibility index (Phi) is 2.40. The molecule has 0 fully saturated rings. The van der Waals surface area contributed by atoms with Gasteiger partial charge in [-0.3, -0.25) is 0 Å². The van der Waals surface area contributed by atoms with Crippen LogP contribution in [0.2, 0.25) is 0 Å². The molecule has 0 atom stereocenters. The van der Waals surface area contributed by atoms with Gasteiger partial charge in [-0.1, -0.05) is 0 Å². The Morgan fingerprint density at radius 2 is 1.90 bits per heavy atom. The minimum Gasteiger partial charge on any atom is -0.497 e. The molecule has 2 nitrogen and oxygen atoms in total. The summed E-state index contributed by atoms with van der Waals surface area (Å²) in [5.41, 5.74) is 0.738. The first-order valence-electron chi connectivity index (χ1n) is 2.83. The van der Waals surface area contributed by atoms with Gasteiger partial charge in [0, 0.05) is 11.8 Å². The second kappa shape index (κ2) is 3.32. The van der Waals surface area contributed by atoms with Crippen molar-refractivity contribution in [1.29, 1.82) is 0 Å². The van der Waals surface area contributed by atoms with Crippen molar-refractivity contribution in [2.75, 3.05) is 7.11 Å². The average molecular weight is 157 g/mol. The van der Waals surface area contributed by atoms with E-state index in [2.05, 4.69) is 4.84 Å². The van der Waals surface area contributed by atoms with E-state index in [0.717, 1.165) is 11.4 Å². The van der Waals surface area contributed by atoms with Crippen molar-refractivity contribution in [2.24, 2.45) is 0 Å². The first-order valence-corrected chi connectivity index (χ1v) is 3.16. The first-order chi connectivity index (χ1) is 4.86. The number of benzene rings is 1. The summed E-state index contributed by atoms with van der Waals surface area (Å²) in [4.78, 5) is 3.46. The molecule has 0 aromatic heterocycles. The lowest BCUT2D eigenvalue weighted by molar-refractivity contribution is 0.415. The Bertz CT molecular complexity index is 174. The summed E-state index contributed by atoms with van der Waals surface area (Å²) in [5, 5.41) is 0. The number of halogens is 1. The quantitative estimate of drug-likeness (QED) is 0.643. The summed E-state index contributed by atoms with van der Waals surface area (Å²) in [5.74, 6) is 0.809. The van der Waals surface area contributed by atoms with Crippen molar-refractivity contribution >= 4 is 17.5 Å². The zero-order valence-corrected chi connectivity index (χ0v) is 6.30. The maximum Gasteiger partial charge on any atom is 0.119 e. The molecule has 0 aliphatic heterocycles. The molecule has 1 radical (unpaired) electrons. The van der Waals surface area contributed by atoms with Crippen molar-refractivity contribution < 1.29 is 4.74 Å². The second-order valence-corrected chi connectivity index (χ2v) is 1.95. The molecule has 0 amide bonds. The fourth-order valence-corrected chi connectivity index (χ4v) is 0.751. The molecule has 0 N–H and O–H groups in total. The van der Waals surface area contributed by atoms with Crippen molar-refractivity contribution in [3.63, 3.8) is 0 Å². The normalized spacial score (nSPS) is 9.00. The molecular formula is C7H7ClNO. The highest BCUT2D eigenvalue weighted by molar-refractivity contribution is 6.15. The van der Waals surface area contributed by atoms with E-state index in [9.17, 15) is 0 Å². The summed E-state index contributed by atoms with van der Waals surface area (Å²) < 4.78 is 4.93. The maximum absolute atomic E-state index is 5.21. The van der Waals surface area contributed by atoms with E-state index in [1.54, 1.807) is 31.4 Å². The third-order valence-electron chi connectivity index (χ3n) is 1.17. The van der Waals surface area contributed by atoms with Gasteiger partial charge < -0.3 is 4.74 Å². The minimum atomic E-state index is 0.738. The number of ether oxygens (including phenoxy) is 1. The van der Waals surface area contributed by atoms with Gasteiger partial charge in [0.15, 0.2) is 0 Å². The van der Waals surface area contributed by atoms with E-state index in [-0.39, 0.29) is 0 Å². The molecule has 0 aliphatic carbocycles. The molecular weight excluding hydrogens is 150 g/mol. The van der Waals surface area contributed by atoms with Crippen molar-refractivity contribution in [3.05, 3.63) is 24.3 Å². The smallest absolute Gasteiger partial charge is 0.119 e. The van der Waals surface area contributed by atoms with Crippen LogP contribution in [0.5, 0.6) is 5.75 Å². The highest BCUT2D eigenvalue weighted by Crippen LogP contribution is 2.15. The standard InChI is InChI=1S/C7H7ClNO/c1-10-7-4-2-6(9-8)3-5-7/h2-5H,1H3. The molecule has 3 heteroatoms. The van der Waals surface area contributed by atoms with Crippen LogP contribution in [0, 0.1) is 0 Å². The van der Waals surface area contributed by atoms with Crippen LogP contribution < -0.4 is 9.57 Å². The topological polar surface area (TPSA) is 23.3 Å². The van der Waals surface area contributed by atoms with Crippen molar-refractivity contribution in [1.82, 2.24) is 4.84 Å². The van der Waals surface area contributed by atoms with Crippen LogP contribution in [-0.4, -0.2) is 7.11 Å². The Balaban J connectivity index is 2.80. The van der Waals surface area contributed by atoms with Gasteiger partial charge in [-0.05, 0) is 24.3 Å². The summed E-state index contributed by atoms with van der Waals surface area (Å²) in [6.07, 6.45) is 0. The molecule has 1 aromatic rings. The van der Waals surface area contributed by atoms with Gasteiger partial charge in [0.05, 0.1) is 12.8 Å². The number of nitrogens with zero attached hydrogens (tertiary/aromatic N) is 1. The largest absolute Gasteiger partial charge is 0.497 e. The lowest BCUT2D eigenvalue weighted by atomic mass is 10.3.